The molecule has 1 unspecified atom stereocenters. The molecule has 1 N–H and O–H groups in total. The largest absolute Gasteiger partial charge is 0.464 e. The highest BCUT2D eigenvalue weighted by atomic mass is 16.6. The van der Waals surface area contributed by atoms with E-state index in [1.165, 1.54) is 0 Å². The van der Waals surface area contributed by atoms with Crippen LogP contribution in [-0.2, 0) is 20.8 Å². The molecule has 0 aliphatic carbocycles. The number of rotatable bonds is 9. The van der Waals surface area contributed by atoms with Crippen LogP contribution in [0.3, 0.4) is 0 Å². The van der Waals surface area contributed by atoms with E-state index in [4.69, 9.17) is 9.47 Å². The molecule has 0 bridgehead atoms. The molecule has 0 fully saturated rings. The Labute approximate surface area is 107 Å². The molecule has 0 saturated heterocycles. The van der Waals surface area contributed by atoms with Gasteiger partial charge >= 0.3 is 5.97 Å². The number of imidazole rings is 1. The summed E-state index contributed by atoms with van der Waals surface area (Å²) in [6.45, 7) is 6.33. The van der Waals surface area contributed by atoms with Crippen LogP contribution in [0.15, 0.2) is 18.7 Å². The number of carbonyl (C=O) groups excluding carboxylic acids is 1. The van der Waals surface area contributed by atoms with Gasteiger partial charge in [0.05, 0.1) is 19.5 Å². The van der Waals surface area contributed by atoms with Crippen molar-refractivity contribution in [2.75, 3.05) is 26.4 Å². The maximum atomic E-state index is 11.0. The Hall–Kier alpha value is -1.40. The number of esters is 1. The molecule has 6 heteroatoms. The fourth-order valence-electron chi connectivity index (χ4n) is 1.51. The molecule has 1 atom stereocenters. The van der Waals surface area contributed by atoms with Crippen LogP contribution in [0.4, 0.5) is 0 Å². The van der Waals surface area contributed by atoms with Crippen molar-refractivity contribution in [3.63, 3.8) is 0 Å². The monoisotopic (exact) mass is 255 g/mol. The summed E-state index contributed by atoms with van der Waals surface area (Å²) in [6, 6.07) is 0.324. The molecule has 1 rings (SSSR count). The highest BCUT2D eigenvalue weighted by Gasteiger charge is 2.03. The van der Waals surface area contributed by atoms with E-state index >= 15 is 0 Å². The molecule has 18 heavy (non-hydrogen) atoms. The number of carbonyl (C=O) groups is 1. The van der Waals surface area contributed by atoms with E-state index in [1.54, 1.807) is 19.4 Å². The summed E-state index contributed by atoms with van der Waals surface area (Å²) in [6.07, 6.45) is 5.47. The lowest BCUT2D eigenvalue weighted by Gasteiger charge is -2.14. The lowest BCUT2D eigenvalue weighted by molar-refractivity contribution is -0.148. The SMILES string of the molecule is CCOC(=O)COCCNC(C)Cn1ccnc1. The van der Waals surface area contributed by atoms with Crippen molar-refractivity contribution in [1.82, 2.24) is 14.9 Å². The maximum absolute atomic E-state index is 11.0. The van der Waals surface area contributed by atoms with Crippen molar-refractivity contribution in [2.45, 2.75) is 26.4 Å². The molecule has 0 aromatic carbocycles. The van der Waals surface area contributed by atoms with E-state index in [1.807, 2.05) is 10.8 Å². The number of hydrogen-bond donors (Lipinski definition) is 1. The molecular weight excluding hydrogens is 234 g/mol. The molecule has 1 aromatic heterocycles. The fraction of sp³-hybridized carbons (Fsp3) is 0.667. The summed E-state index contributed by atoms with van der Waals surface area (Å²) >= 11 is 0. The van der Waals surface area contributed by atoms with Gasteiger partial charge in [-0.3, -0.25) is 0 Å². The lowest BCUT2D eigenvalue weighted by atomic mass is 10.3. The molecule has 0 radical (unpaired) electrons. The predicted octanol–water partition coefficient (Wildman–Crippen LogP) is 0.441. The second-order valence-electron chi connectivity index (χ2n) is 3.97. The molecule has 0 spiro atoms. The first-order chi connectivity index (χ1) is 8.72. The highest BCUT2D eigenvalue weighted by molar-refractivity contribution is 5.70. The summed E-state index contributed by atoms with van der Waals surface area (Å²) in [5.74, 6) is -0.316. The number of nitrogens with zero attached hydrogens (tertiary/aromatic N) is 2. The number of hydrogen-bond acceptors (Lipinski definition) is 5. The Morgan fingerprint density at radius 3 is 3.06 bits per heavy atom. The Morgan fingerprint density at radius 2 is 2.39 bits per heavy atom. The Balaban J connectivity index is 1.99. The Morgan fingerprint density at radius 1 is 1.56 bits per heavy atom. The van der Waals surface area contributed by atoms with E-state index in [0.717, 1.165) is 6.54 Å². The topological polar surface area (TPSA) is 65.4 Å². The zero-order chi connectivity index (χ0) is 13.2. The molecule has 1 heterocycles. The predicted molar refractivity (Wildman–Crippen MR) is 67.1 cm³/mol. The summed E-state index contributed by atoms with van der Waals surface area (Å²) < 4.78 is 11.9. The summed E-state index contributed by atoms with van der Waals surface area (Å²) in [5, 5.41) is 3.30. The van der Waals surface area contributed by atoms with Gasteiger partial charge in [-0.25, -0.2) is 9.78 Å². The van der Waals surface area contributed by atoms with Gasteiger partial charge in [0.1, 0.15) is 6.61 Å². The van der Waals surface area contributed by atoms with E-state index in [2.05, 4.69) is 17.2 Å². The summed E-state index contributed by atoms with van der Waals surface area (Å²) in [5.41, 5.74) is 0. The van der Waals surface area contributed by atoms with Gasteiger partial charge in [-0.05, 0) is 13.8 Å². The van der Waals surface area contributed by atoms with Gasteiger partial charge in [0, 0.05) is 31.5 Å². The molecule has 6 nitrogen and oxygen atoms in total. The van der Waals surface area contributed by atoms with Gasteiger partial charge < -0.3 is 19.4 Å². The zero-order valence-electron chi connectivity index (χ0n) is 11.0. The number of nitrogens with one attached hydrogen (secondary N) is 1. The van der Waals surface area contributed by atoms with Crippen LogP contribution in [0.5, 0.6) is 0 Å². The third-order valence-electron chi connectivity index (χ3n) is 2.31. The number of ether oxygens (including phenoxy) is 2. The average molecular weight is 255 g/mol. The van der Waals surface area contributed by atoms with E-state index in [-0.39, 0.29) is 12.6 Å². The first-order valence-electron chi connectivity index (χ1n) is 6.15. The summed E-state index contributed by atoms with van der Waals surface area (Å²) in [7, 11) is 0. The van der Waals surface area contributed by atoms with Gasteiger partial charge in [0.25, 0.3) is 0 Å². The van der Waals surface area contributed by atoms with Crippen LogP contribution < -0.4 is 5.32 Å². The van der Waals surface area contributed by atoms with Crippen molar-refractivity contribution in [3.05, 3.63) is 18.7 Å². The fourth-order valence-corrected chi connectivity index (χ4v) is 1.51. The van der Waals surface area contributed by atoms with Gasteiger partial charge in [-0.15, -0.1) is 0 Å². The van der Waals surface area contributed by atoms with Crippen LogP contribution >= 0.6 is 0 Å². The van der Waals surface area contributed by atoms with Crippen molar-refractivity contribution in [1.29, 1.82) is 0 Å². The molecule has 0 aliphatic heterocycles. The minimum absolute atomic E-state index is 0.0193. The molecular formula is C12H21N3O3. The standard InChI is InChI=1S/C12H21N3O3/c1-3-18-12(16)9-17-7-5-14-11(2)8-15-6-4-13-10-15/h4,6,10-11,14H,3,5,7-9H2,1-2H3. The van der Waals surface area contributed by atoms with Crippen LogP contribution in [-0.4, -0.2) is 47.9 Å². The normalized spacial score (nSPS) is 12.3. The number of aromatic nitrogens is 2. The minimum atomic E-state index is -0.316. The molecule has 0 saturated carbocycles. The van der Waals surface area contributed by atoms with Crippen LogP contribution in [0.2, 0.25) is 0 Å². The molecule has 0 amide bonds. The van der Waals surface area contributed by atoms with E-state index in [9.17, 15) is 4.79 Å². The van der Waals surface area contributed by atoms with Crippen molar-refractivity contribution < 1.29 is 14.3 Å². The third-order valence-corrected chi connectivity index (χ3v) is 2.31. The molecule has 102 valence electrons. The maximum Gasteiger partial charge on any atom is 0.332 e. The zero-order valence-corrected chi connectivity index (χ0v) is 11.0. The van der Waals surface area contributed by atoms with E-state index < -0.39 is 0 Å². The summed E-state index contributed by atoms with van der Waals surface area (Å²) in [4.78, 5) is 15.0. The first-order valence-corrected chi connectivity index (χ1v) is 6.15. The lowest BCUT2D eigenvalue weighted by Crippen LogP contribution is -2.33. The second-order valence-corrected chi connectivity index (χ2v) is 3.97. The van der Waals surface area contributed by atoms with Crippen molar-refractivity contribution in [2.24, 2.45) is 0 Å². The highest BCUT2D eigenvalue weighted by Crippen LogP contribution is 1.91. The molecule has 1 aromatic rings. The molecule has 0 aliphatic rings. The van der Waals surface area contributed by atoms with Gasteiger partial charge in [0.2, 0.25) is 0 Å². The average Bonchev–Trinajstić information content (AvgIpc) is 2.81. The first kappa shape index (κ1) is 14.7. The van der Waals surface area contributed by atoms with Gasteiger partial charge in [0.15, 0.2) is 0 Å². The van der Waals surface area contributed by atoms with E-state index in [0.29, 0.717) is 25.8 Å². The van der Waals surface area contributed by atoms with Crippen LogP contribution in [0.25, 0.3) is 0 Å². The third kappa shape index (κ3) is 6.36. The van der Waals surface area contributed by atoms with Crippen molar-refractivity contribution in [3.8, 4) is 0 Å². The quantitative estimate of drug-likeness (QED) is 0.512. The van der Waals surface area contributed by atoms with Gasteiger partial charge in [-0.2, -0.15) is 0 Å². The van der Waals surface area contributed by atoms with Crippen LogP contribution in [0.1, 0.15) is 13.8 Å². The van der Waals surface area contributed by atoms with Gasteiger partial charge in [-0.1, -0.05) is 0 Å². The minimum Gasteiger partial charge on any atom is -0.464 e. The Kier molecular flexibility index (Phi) is 7.05. The van der Waals surface area contributed by atoms with Crippen molar-refractivity contribution >= 4 is 5.97 Å². The Bertz CT molecular complexity index is 327. The van der Waals surface area contributed by atoms with Crippen LogP contribution in [0, 0.1) is 0 Å². The second kappa shape index (κ2) is 8.66. The smallest absolute Gasteiger partial charge is 0.332 e.